The number of aliphatic hydroxyl groups is 16. The van der Waals surface area contributed by atoms with Gasteiger partial charge in [-0.1, -0.05) is 0 Å². The normalized spacial score (nSPS) is 8.47. The van der Waals surface area contributed by atoms with Crippen LogP contribution in [0.1, 0.15) is 222 Å². The molecule has 0 saturated heterocycles. The predicted octanol–water partition coefficient (Wildman–Crippen LogP) is 6.18. The van der Waals surface area contributed by atoms with E-state index in [0.717, 1.165) is 0 Å². The number of hydrogen-bond acceptors (Lipinski definition) is 16. The van der Waals surface area contributed by atoms with Crippen molar-refractivity contribution in [1.29, 1.82) is 0 Å². The van der Waals surface area contributed by atoms with Crippen LogP contribution in [0.15, 0.2) is 0 Å². The molecule has 16 N–H and O–H groups in total. The zero-order valence-corrected chi connectivity index (χ0v) is 56.6. The number of rotatable bonds is 0. The zero-order chi connectivity index (χ0) is 57.2. The predicted molar refractivity (Wildman–Crippen MR) is 278 cm³/mol. The van der Waals surface area contributed by atoms with Crippen molar-refractivity contribution in [3.63, 3.8) is 0 Å². The third kappa shape index (κ3) is 62700. The fourth-order valence-corrected chi connectivity index (χ4v) is 0. The third-order valence-electron chi connectivity index (χ3n) is 0. The van der Waals surface area contributed by atoms with Crippen molar-refractivity contribution >= 4 is 0 Å². The zero-order valence-electron chi connectivity index (χ0n) is 50.4. The fraction of sp³-hybridized carbons (Fsp3) is 1.00. The molecule has 0 unspecified atom stereocenters. The molecule has 0 aliphatic carbocycles. The minimum atomic E-state index is -0.167. The maximum absolute atomic E-state index is 8.06. The van der Waals surface area contributed by atoms with Gasteiger partial charge in [-0.2, -0.15) is 0 Å². The second-order valence-corrected chi connectivity index (χ2v) is 17.5. The fourth-order valence-electron chi connectivity index (χ4n) is 0. The largest absolute Gasteiger partial charge is 0.394 e. The Hall–Kier alpha value is 2.22. The van der Waals surface area contributed by atoms with E-state index < -0.39 is 0 Å². The molecular formula is C48H128O16Ti4. The molecule has 0 radical (unpaired) electrons. The van der Waals surface area contributed by atoms with E-state index in [0.29, 0.717) is 0 Å². The Morgan fingerprint density at radius 2 is 0.103 bits per heavy atom. The quantitative estimate of drug-likeness (QED) is 0.120. The smallest absolute Gasteiger partial charge is 0.0483 e. The van der Waals surface area contributed by atoms with Crippen molar-refractivity contribution in [3.05, 3.63) is 0 Å². The molecule has 20 heteroatoms. The molecule has 0 aliphatic rings. The van der Waals surface area contributed by atoms with Gasteiger partial charge in [0.2, 0.25) is 0 Å². The van der Waals surface area contributed by atoms with Gasteiger partial charge in [0.1, 0.15) is 0 Å². The second-order valence-electron chi connectivity index (χ2n) is 17.5. The number of aliphatic hydroxyl groups excluding tert-OH is 16. The first kappa shape index (κ1) is 133. The minimum absolute atomic E-state index is 0. The van der Waals surface area contributed by atoms with Gasteiger partial charge in [-0.15, -0.1) is 0 Å². The summed E-state index contributed by atoms with van der Waals surface area (Å²) in [6.07, 6.45) is -2.67. The summed E-state index contributed by atoms with van der Waals surface area (Å²) in [5.74, 6) is 0. The van der Waals surface area contributed by atoms with Crippen LogP contribution in [0.4, 0.5) is 0 Å². The van der Waals surface area contributed by atoms with E-state index in [1.165, 1.54) is 0 Å². The summed E-state index contributed by atoms with van der Waals surface area (Å²) in [6.45, 7) is 55.1. The summed E-state index contributed by atoms with van der Waals surface area (Å²) in [6, 6.07) is 0. The first-order valence-corrected chi connectivity index (χ1v) is 22.6. The Bertz CT molecular complexity index is 342. The summed E-state index contributed by atoms with van der Waals surface area (Å²) in [7, 11) is 0. The molecule has 68 heavy (non-hydrogen) atoms. The average molecular weight is 1150 g/mol. The van der Waals surface area contributed by atoms with Gasteiger partial charge in [0.15, 0.2) is 0 Å². The molecule has 0 aromatic rings. The van der Waals surface area contributed by atoms with Gasteiger partial charge in [-0.25, -0.2) is 0 Å². The monoisotopic (exact) mass is 1150 g/mol. The van der Waals surface area contributed by atoms with Gasteiger partial charge in [-0.05, 0) is 222 Å². The Labute approximate surface area is 484 Å². The molecule has 0 rings (SSSR count). The summed E-state index contributed by atoms with van der Waals surface area (Å²) in [5, 5.41) is 129. The Kier molecular flexibility index (Phi) is 251. The molecule has 0 heterocycles. The SMILES string of the molecule is CC(C)O.CC(C)O.CC(C)O.CC(C)O.CC(C)O.CC(C)O.CC(C)O.CC(C)O.CC(C)O.CC(C)O.CC(C)O.CC(C)O.CC(C)O.CC(C)O.CC(C)O.CC(C)O.[Ti].[Ti].[Ti].[Ti]. The van der Waals surface area contributed by atoms with Gasteiger partial charge in [0.05, 0.1) is 0 Å². The van der Waals surface area contributed by atoms with Crippen LogP contribution in [0.2, 0.25) is 0 Å². The van der Waals surface area contributed by atoms with Crippen molar-refractivity contribution in [1.82, 2.24) is 0 Å². The van der Waals surface area contributed by atoms with Gasteiger partial charge < -0.3 is 81.7 Å². The Morgan fingerprint density at radius 1 is 0.103 bits per heavy atom. The van der Waals surface area contributed by atoms with Gasteiger partial charge >= 0.3 is 0 Å². The van der Waals surface area contributed by atoms with Crippen LogP contribution in [0, 0.1) is 0 Å². The van der Waals surface area contributed by atoms with Crippen LogP contribution in [0.3, 0.4) is 0 Å². The van der Waals surface area contributed by atoms with Gasteiger partial charge in [0, 0.05) is 185 Å². The van der Waals surface area contributed by atoms with Crippen LogP contribution in [-0.4, -0.2) is 179 Å². The first-order valence-electron chi connectivity index (χ1n) is 22.6. The first-order chi connectivity index (χ1) is 27.7. The van der Waals surface area contributed by atoms with E-state index in [-0.39, 0.29) is 185 Å². The van der Waals surface area contributed by atoms with E-state index >= 15 is 0 Å². The molecule has 0 atom stereocenters. The van der Waals surface area contributed by atoms with Crippen LogP contribution < -0.4 is 0 Å². The van der Waals surface area contributed by atoms with E-state index in [1.807, 2.05) is 0 Å². The molecule has 432 valence electrons. The summed E-state index contributed by atoms with van der Waals surface area (Å²) in [4.78, 5) is 0. The molecular weight excluding hydrogens is 1020 g/mol. The van der Waals surface area contributed by atoms with Gasteiger partial charge in [0.25, 0.3) is 0 Å². The molecule has 0 fully saturated rings. The van der Waals surface area contributed by atoms with Crippen LogP contribution >= 0.6 is 0 Å². The molecule has 0 spiro atoms. The summed E-state index contributed by atoms with van der Waals surface area (Å²) in [5.41, 5.74) is 0. The second kappa shape index (κ2) is 128. The molecule has 0 bridgehead atoms. The standard InChI is InChI=1S/16C3H8O.4Ti/c16*1-3(2)4;;;;/h16*3-4H,1-2H3;;;;. The van der Waals surface area contributed by atoms with Crippen molar-refractivity contribution in [3.8, 4) is 0 Å². The van der Waals surface area contributed by atoms with E-state index in [4.69, 9.17) is 81.7 Å². The number of hydrogen-bond donors (Lipinski definition) is 16. The molecule has 0 amide bonds. The van der Waals surface area contributed by atoms with E-state index in [1.54, 1.807) is 222 Å². The van der Waals surface area contributed by atoms with Crippen molar-refractivity contribution in [2.24, 2.45) is 0 Å². The minimum Gasteiger partial charge on any atom is -0.394 e. The Morgan fingerprint density at radius 3 is 0.103 bits per heavy atom. The maximum Gasteiger partial charge on any atom is 0.0483 e. The van der Waals surface area contributed by atoms with Crippen LogP contribution in [0.25, 0.3) is 0 Å². The van der Waals surface area contributed by atoms with E-state index in [2.05, 4.69) is 0 Å². The molecule has 0 saturated carbocycles. The van der Waals surface area contributed by atoms with Crippen LogP contribution in [0.5, 0.6) is 0 Å². The van der Waals surface area contributed by atoms with Crippen molar-refractivity contribution in [2.45, 2.75) is 319 Å². The topological polar surface area (TPSA) is 324 Å². The third-order valence-corrected chi connectivity index (χ3v) is 0. The maximum atomic E-state index is 8.06. The molecule has 0 aromatic carbocycles. The van der Waals surface area contributed by atoms with E-state index in [9.17, 15) is 0 Å². The van der Waals surface area contributed by atoms with Crippen molar-refractivity contribution in [2.75, 3.05) is 0 Å². The van der Waals surface area contributed by atoms with Crippen LogP contribution in [-0.2, 0) is 86.9 Å². The molecule has 0 aliphatic heterocycles. The van der Waals surface area contributed by atoms with Crippen molar-refractivity contribution < 1.29 is 169 Å². The molecule has 16 nitrogen and oxygen atoms in total. The average Bonchev–Trinajstić information content (AvgIpc) is 2.83. The van der Waals surface area contributed by atoms with Gasteiger partial charge in [-0.3, -0.25) is 0 Å². The molecule has 0 aromatic heterocycles. The summed E-state index contributed by atoms with van der Waals surface area (Å²) < 4.78 is 0. The Balaban J connectivity index is -0.0000000200. The summed E-state index contributed by atoms with van der Waals surface area (Å²) >= 11 is 0.